The maximum atomic E-state index is 13.0. The van der Waals surface area contributed by atoms with Crippen molar-refractivity contribution in [3.8, 4) is 21.7 Å². The average Bonchev–Trinajstić information content (AvgIpc) is 2.94. The van der Waals surface area contributed by atoms with Crippen LogP contribution < -0.4 is 0 Å². The number of hydrogen-bond donors (Lipinski definition) is 0. The van der Waals surface area contributed by atoms with Gasteiger partial charge in [0.05, 0.1) is 10.6 Å². The predicted octanol–water partition coefficient (Wildman–Crippen LogP) is 5.77. The van der Waals surface area contributed by atoms with Crippen LogP contribution in [0.2, 0.25) is 0 Å². The number of thiazole rings is 1. The molecule has 1 nitrogen and oxygen atoms in total. The van der Waals surface area contributed by atoms with Gasteiger partial charge in [-0.05, 0) is 42.0 Å². The second-order valence-electron chi connectivity index (χ2n) is 4.71. The van der Waals surface area contributed by atoms with Gasteiger partial charge in [-0.1, -0.05) is 12.1 Å². The first-order chi connectivity index (χ1) is 10.8. The maximum absolute atomic E-state index is 13.0. The topological polar surface area (TPSA) is 12.9 Å². The van der Waals surface area contributed by atoms with Gasteiger partial charge in [-0.15, -0.1) is 11.3 Å². The van der Waals surface area contributed by atoms with E-state index in [1.54, 1.807) is 0 Å². The molecule has 118 valence electrons. The number of nitrogens with zero attached hydrogens (tertiary/aromatic N) is 1. The first-order valence-corrected chi connectivity index (χ1v) is 7.26. The minimum atomic E-state index is -4.59. The van der Waals surface area contributed by atoms with Crippen LogP contribution in [-0.4, -0.2) is 4.98 Å². The zero-order valence-corrected chi connectivity index (χ0v) is 12.2. The number of benzene rings is 2. The normalized spacial score (nSPS) is 11.7. The van der Waals surface area contributed by atoms with Crippen molar-refractivity contribution in [3.05, 3.63) is 65.2 Å². The molecule has 0 atom stereocenters. The van der Waals surface area contributed by atoms with Gasteiger partial charge in [-0.3, -0.25) is 0 Å². The van der Waals surface area contributed by atoms with Gasteiger partial charge in [0.25, 0.3) is 0 Å². The second kappa shape index (κ2) is 5.73. The zero-order chi connectivity index (χ0) is 16.6. The summed E-state index contributed by atoms with van der Waals surface area (Å²) in [5.41, 5.74) is 0.866. The van der Waals surface area contributed by atoms with Crippen LogP contribution in [0.1, 0.15) is 5.01 Å². The SMILES string of the molecule is Fc1ccc(-c2nc(C(F)(F)F)sc2-c2ccc(F)cc2)cc1. The van der Waals surface area contributed by atoms with Gasteiger partial charge < -0.3 is 0 Å². The Balaban J connectivity index is 2.18. The molecule has 0 aliphatic carbocycles. The van der Waals surface area contributed by atoms with E-state index in [0.29, 0.717) is 22.5 Å². The van der Waals surface area contributed by atoms with Crippen LogP contribution in [0.5, 0.6) is 0 Å². The minimum absolute atomic E-state index is 0.0916. The van der Waals surface area contributed by atoms with E-state index < -0.39 is 22.8 Å². The molecule has 0 spiro atoms. The molecule has 7 heteroatoms. The van der Waals surface area contributed by atoms with Crippen molar-refractivity contribution in [3.63, 3.8) is 0 Å². The molecule has 0 amide bonds. The van der Waals surface area contributed by atoms with Gasteiger partial charge in [-0.2, -0.15) is 13.2 Å². The predicted molar refractivity (Wildman–Crippen MR) is 77.9 cm³/mol. The number of rotatable bonds is 2. The lowest BCUT2D eigenvalue weighted by molar-refractivity contribution is -0.137. The second-order valence-corrected chi connectivity index (χ2v) is 5.71. The van der Waals surface area contributed by atoms with Crippen LogP contribution in [0, 0.1) is 11.6 Å². The smallest absolute Gasteiger partial charge is 0.231 e. The molecule has 0 saturated carbocycles. The van der Waals surface area contributed by atoms with E-state index in [4.69, 9.17) is 0 Å². The Hall–Kier alpha value is -2.28. The lowest BCUT2D eigenvalue weighted by Crippen LogP contribution is -2.03. The van der Waals surface area contributed by atoms with Crippen LogP contribution in [0.15, 0.2) is 48.5 Å². The number of aromatic nitrogens is 1. The summed E-state index contributed by atoms with van der Waals surface area (Å²) in [6.45, 7) is 0. The quantitative estimate of drug-likeness (QED) is 0.539. The molecule has 0 unspecified atom stereocenters. The first-order valence-electron chi connectivity index (χ1n) is 6.44. The van der Waals surface area contributed by atoms with E-state index in [1.165, 1.54) is 24.3 Å². The highest BCUT2D eigenvalue weighted by atomic mass is 32.1. The molecule has 0 fully saturated rings. The van der Waals surface area contributed by atoms with Crippen molar-refractivity contribution in [2.24, 2.45) is 0 Å². The maximum Gasteiger partial charge on any atom is 0.443 e. The van der Waals surface area contributed by atoms with Crippen LogP contribution in [0.3, 0.4) is 0 Å². The van der Waals surface area contributed by atoms with E-state index in [2.05, 4.69) is 4.98 Å². The minimum Gasteiger partial charge on any atom is -0.231 e. The molecule has 23 heavy (non-hydrogen) atoms. The summed E-state index contributed by atoms with van der Waals surface area (Å²) < 4.78 is 65.0. The first kappa shape index (κ1) is 15.6. The lowest BCUT2D eigenvalue weighted by atomic mass is 10.1. The third kappa shape index (κ3) is 3.24. The molecule has 0 aliphatic rings. The summed E-state index contributed by atoms with van der Waals surface area (Å²) in [5, 5.41) is -1.00. The van der Waals surface area contributed by atoms with Crippen molar-refractivity contribution in [1.29, 1.82) is 0 Å². The third-order valence-corrected chi connectivity index (χ3v) is 4.24. The van der Waals surface area contributed by atoms with Crippen LogP contribution in [0.25, 0.3) is 21.7 Å². The van der Waals surface area contributed by atoms with Crippen molar-refractivity contribution in [2.75, 3.05) is 0 Å². The van der Waals surface area contributed by atoms with Crippen molar-refractivity contribution >= 4 is 11.3 Å². The molecule has 1 heterocycles. The molecule has 0 radical (unpaired) electrons. The Kier molecular flexibility index (Phi) is 3.89. The summed E-state index contributed by atoms with van der Waals surface area (Å²) >= 11 is 0.472. The summed E-state index contributed by atoms with van der Waals surface area (Å²) in [4.78, 5) is 3.91. The average molecular weight is 341 g/mol. The zero-order valence-electron chi connectivity index (χ0n) is 11.4. The Morgan fingerprint density at radius 2 is 1.22 bits per heavy atom. The fourth-order valence-electron chi connectivity index (χ4n) is 2.04. The Labute approximate surface area is 132 Å². The molecule has 2 aromatic carbocycles. The van der Waals surface area contributed by atoms with Crippen LogP contribution in [-0.2, 0) is 6.18 Å². The largest absolute Gasteiger partial charge is 0.443 e. The van der Waals surface area contributed by atoms with Gasteiger partial charge in [0.1, 0.15) is 11.6 Å². The molecule has 1 aromatic heterocycles. The fraction of sp³-hybridized carbons (Fsp3) is 0.0625. The van der Waals surface area contributed by atoms with E-state index in [9.17, 15) is 22.0 Å². The standard InChI is InChI=1S/C16H8F5NS/c17-11-5-1-9(2-6-11)13-14(10-3-7-12(18)8-4-10)23-15(22-13)16(19,20)21/h1-8H. The Morgan fingerprint density at radius 1 is 0.739 bits per heavy atom. The van der Waals surface area contributed by atoms with Gasteiger partial charge in [0, 0.05) is 5.56 Å². The Bertz CT molecular complexity index is 756. The summed E-state index contributed by atoms with van der Waals surface area (Å²) in [5.74, 6) is -0.985. The molecular formula is C16H8F5NS. The molecule has 3 rings (SSSR count). The van der Waals surface area contributed by atoms with Crippen LogP contribution in [0.4, 0.5) is 22.0 Å². The van der Waals surface area contributed by atoms with Gasteiger partial charge in [-0.25, -0.2) is 13.8 Å². The number of hydrogen-bond acceptors (Lipinski definition) is 2. The van der Waals surface area contributed by atoms with E-state index in [0.717, 1.165) is 24.3 Å². The monoisotopic (exact) mass is 341 g/mol. The molecule has 0 saturated heterocycles. The molecule has 0 bridgehead atoms. The van der Waals surface area contributed by atoms with E-state index in [-0.39, 0.29) is 10.6 Å². The van der Waals surface area contributed by atoms with Gasteiger partial charge in [0.15, 0.2) is 5.01 Å². The van der Waals surface area contributed by atoms with E-state index >= 15 is 0 Å². The summed E-state index contributed by atoms with van der Waals surface area (Å²) in [7, 11) is 0. The summed E-state index contributed by atoms with van der Waals surface area (Å²) in [6, 6.07) is 10.1. The molecule has 0 aliphatic heterocycles. The van der Waals surface area contributed by atoms with Crippen molar-refractivity contribution in [1.82, 2.24) is 4.98 Å². The van der Waals surface area contributed by atoms with E-state index in [1.807, 2.05) is 0 Å². The van der Waals surface area contributed by atoms with Gasteiger partial charge >= 0.3 is 6.18 Å². The molecule has 0 N–H and O–H groups in total. The molecular weight excluding hydrogens is 333 g/mol. The molecule has 3 aromatic rings. The van der Waals surface area contributed by atoms with Crippen molar-refractivity contribution in [2.45, 2.75) is 6.18 Å². The number of halogens is 5. The van der Waals surface area contributed by atoms with Crippen LogP contribution >= 0.6 is 11.3 Å². The Morgan fingerprint density at radius 3 is 1.70 bits per heavy atom. The third-order valence-electron chi connectivity index (χ3n) is 3.09. The highest BCUT2D eigenvalue weighted by Gasteiger charge is 2.36. The summed E-state index contributed by atoms with van der Waals surface area (Å²) in [6.07, 6.45) is -4.59. The van der Waals surface area contributed by atoms with Gasteiger partial charge in [0.2, 0.25) is 0 Å². The highest BCUT2D eigenvalue weighted by Crippen LogP contribution is 2.42. The van der Waals surface area contributed by atoms with Crippen molar-refractivity contribution < 1.29 is 22.0 Å². The fourth-order valence-corrected chi connectivity index (χ4v) is 3.00. The highest BCUT2D eigenvalue weighted by molar-refractivity contribution is 7.15. The lowest BCUT2D eigenvalue weighted by Gasteiger charge is -2.03. The number of alkyl halides is 3.